The van der Waals surface area contributed by atoms with E-state index in [1.54, 1.807) is 24.9 Å². The summed E-state index contributed by atoms with van der Waals surface area (Å²) in [6.07, 6.45) is 0. The van der Waals surface area contributed by atoms with Gasteiger partial charge in [-0.25, -0.2) is 0 Å². The normalized spacial score (nSPS) is 14.8. The van der Waals surface area contributed by atoms with E-state index < -0.39 is 5.92 Å². The van der Waals surface area contributed by atoms with Gasteiger partial charge in [0.25, 0.3) is 0 Å². The van der Waals surface area contributed by atoms with Crippen molar-refractivity contribution in [1.82, 2.24) is 4.90 Å². The summed E-state index contributed by atoms with van der Waals surface area (Å²) in [5, 5.41) is 12.1. The highest BCUT2D eigenvalue weighted by atomic mass is 35.5. The number of hydrogen-bond acceptors (Lipinski definition) is 3. The molecule has 0 aliphatic heterocycles. The van der Waals surface area contributed by atoms with Gasteiger partial charge in [0.15, 0.2) is 5.84 Å². The molecule has 2 unspecified atom stereocenters. The largest absolute Gasteiger partial charge is 0.409 e. The van der Waals surface area contributed by atoms with E-state index in [0.29, 0.717) is 5.02 Å². The second-order valence-corrected chi connectivity index (χ2v) is 4.86. The van der Waals surface area contributed by atoms with Crippen molar-refractivity contribution < 1.29 is 10.0 Å². The van der Waals surface area contributed by atoms with E-state index >= 15 is 0 Å². The van der Waals surface area contributed by atoms with Crippen molar-refractivity contribution in [3.05, 3.63) is 34.9 Å². The summed E-state index contributed by atoms with van der Waals surface area (Å²) < 4.78 is 0. The number of benzene rings is 1. The zero-order valence-electron chi connectivity index (χ0n) is 11.2. The highest BCUT2D eigenvalue weighted by molar-refractivity contribution is 6.30. The van der Waals surface area contributed by atoms with Gasteiger partial charge in [0, 0.05) is 12.1 Å². The number of nitrogens with zero attached hydrogens (tertiary/aromatic N) is 2. The predicted octanol–water partition coefficient (Wildman–Crippen LogP) is 2.24. The Labute approximate surface area is 117 Å². The molecule has 2 atom stereocenters. The van der Waals surface area contributed by atoms with Gasteiger partial charge in [0.05, 0.1) is 12.0 Å². The molecule has 6 heteroatoms. The Kier molecular flexibility index (Phi) is 5.18. The van der Waals surface area contributed by atoms with Crippen LogP contribution in [0.5, 0.6) is 0 Å². The summed E-state index contributed by atoms with van der Waals surface area (Å²) in [4.78, 5) is 13.7. The van der Waals surface area contributed by atoms with Crippen LogP contribution >= 0.6 is 11.6 Å². The molecule has 0 radical (unpaired) electrons. The topological polar surface area (TPSA) is 78.9 Å². The van der Waals surface area contributed by atoms with Gasteiger partial charge in [-0.1, -0.05) is 28.9 Å². The maximum absolute atomic E-state index is 12.2. The minimum Gasteiger partial charge on any atom is -0.409 e. The zero-order chi connectivity index (χ0) is 14.6. The lowest BCUT2D eigenvalue weighted by Gasteiger charge is -2.27. The summed E-state index contributed by atoms with van der Waals surface area (Å²) in [7, 11) is 1.68. The number of hydrogen-bond donors (Lipinski definition) is 2. The fourth-order valence-corrected chi connectivity index (χ4v) is 1.90. The second-order valence-electron chi connectivity index (χ2n) is 4.43. The third-order valence-electron chi connectivity index (χ3n) is 3.19. The van der Waals surface area contributed by atoms with Gasteiger partial charge < -0.3 is 15.8 Å². The van der Waals surface area contributed by atoms with Crippen molar-refractivity contribution in [2.45, 2.75) is 19.9 Å². The van der Waals surface area contributed by atoms with E-state index in [2.05, 4.69) is 5.16 Å². The van der Waals surface area contributed by atoms with Crippen LogP contribution in [0.25, 0.3) is 0 Å². The maximum atomic E-state index is 12.2. The van der Waals surface area contributed by atoms with Crippen LogP contribution in [0.3, 0.4) is 0 Å². The molecule has 0 aliphatic carbocycles. The Morgan fingerprint density at radius 1 is 1.47 bits per heavy atom. The Hall–Kier alpha value is -1.75. The van der Waals surface area contributed by atoms with Gasteiger partial charge in [0.1, 0.15) is 0 Å². The minimum absolute atomic E-state index is 0.102. The number of amides is 1. The molecule has 0 saturated heterocycles. The molecule has 0 heterocycles. The molecule has 0 fully saturated rings. The standard InChI is InChI=1S/C13H18ClN3O2/c1-8(12(15)16-19)13(18)17(3)9(2)10-5-4-6-11(14)7-10/h4-9,19H,1-3H3,(H2,15,16). The quantitative estimate of drug-likeness (QED) is 0.385. The first-order valence-electron chi connectivity index (χ1n) is 5.88. The van der Waals surface area contributed by atoms with Gasteiger partial charge >= 0.3 is 0 Å². The Bertz CT molecular complexity index is 491. The third kappa shape index (κ3) is 3.61. The Balaban J connectivity index is 2.88. The molecule has 0 saturated carbocycles. The fraction of sp³-hybridized carbons (Fsp3) is 0.385. The zero-order valence-corrected chi connectivity index (χ0v) is 11.9. The van der Waals surface area contributed by atoms with Gasteiger partial charge in [-0.3, -0.25) is 4.79 Å². The molecule has 5 nitrogen and oxygen atoms in total. The lowest BCUT2D eigenvalue weighted by atomic mass is 10.0. The van der Waals surface area contributed by atoms with Crippen LogP contribution < -0.4 is 5.73 Å². The molecular formula is C13H18ClN3O2. The molecule has 1 aromatic rings. The molecule has 0 aliphatic rings. The Morgan fingerprint density at radius 3 is 2.63 bits per heavy atom. The first-order valence-corrected chi connectivity index (χ1v) is 6.25. The third-order valence-corrected chi connectivity index (χ3v) is 3.42. The summed E-state index contributed by atoms with van der Waals surface area (Å²) in [6.45, 7) is 3.49. The van der Waals surface area contributed by atoms with E-state index in [1.165, 1.54) is 0 Å². The summed E-state index contributed by atoms with van der Waals surface area (Å²) in [5.41, 5.74) is 6.38. The number of rotatable bonds is 4. The van der Waals surface area contributed by atoms with Crippen LogP contribution in [0.2, 0.25) is 5.02 Å². The molecule has 19 heavy (non-hydrogen) atoms. The molecule has 1 amide bonds. The summed E-state index contributed by atoms with van der Waals surface area (Å²) in [6, 6.07) is 7.16. The van der Waals surface area contributed by atoms with Crippen LogP contribution in [0, 0.1) is 5.92 Å². The molecule has 3 N–H and O–H groups in total. The number of amidine groups is 1. The van der Waals surface area contributed by atoms with Crippen LogP contribution in [0.1, 0.15) is 25.5 Å². The monoisotopic (exact) mass is 283 g/mol. The van der Waals surface area contributed by atoms with Crippen LogP contribution in [0.15, 0.2) is 29.4 Å². The minimum atomic E-state index is -0.670. The van der Waals surface area contributed by atoms with Crippen molar-refractivity contribution in [3.63, 3.8) is 0 Å². The molecule has 1 rings (SSSR count). The van der Waals surface area contributed by atoms with Crippen LogP contribution in [-0.2, 0) is 4.79 Å². The average molecular weight is 284 g/mol. The van der Waals surface area contributed by atoms with E-state index in [0.717, 1.165) is 5.56 Å². The van der Waals surface area contributed by atoms with E-state index in [-0.39, 0.29) is 17.8 Å². The first kappa shape index (κ1) is 15.3. The van der Waals surface area contributed by atoms with Crippen molar-refractivity contribution in [2.75, 3.05) is 7.05 Å². The first-order chi connectivity index (χ1) is 8.88. The van der Waals surface area contributed by atoms with Crippen LogP contribution in [-0.4, -0.2) is 28.9 Å². The Morgan fingerprint density at radius 2 is 2.11 bits per heavy atom. The predicted molar refractivity (Wildman–Crippen MR) is 75.2 cm³/mol. The van der Waals surface area contributed by atoms with Crippen molar-refractivity contribution >= 4 is 23.3 Å². The van der Waals surface area contributed by atoms with Crippen molar-refractivity contribution in [2.24, 2.45) is 16.8 Å². The molecule has 104 valence electrons. The smallest absolute Gasteiger partial charge is 0.233 e. The SMILES string of the molecule is CC(C(=O)N(C)C(C)c1cccc(Cl)c1)C(N)=NO. The van der Waals surface area contributed by atoms with Crippen molar-refractivity contribution in [3.8, 4) is 0 Å². The summed E-state index contributed by atoms with van der Waals surface area (Å²) >= 11 is 5.93. The highest BCUT2D eigenvalue weighted by Crippen LogP contribution is 2.23. The number of carbonyl (C=O) groups excluding carboxylic acids is 1. The van der Waals surface area contributed by atoms with E-state index in [4.69, 9.17) is 22.5 Å². The van der Waals surface area contributed by atoms with E-state index in [9.17, 15) is 4.79 Å². The van der Waals surface area contributed by atoms with Gasteiger partial charge in [0.2, 0.25) is 5.91 Å². The van der Waals surface area contributed by atoms with Crippen LogP contribution in [0.4, 0.5) is 0 Å². The fourth-order valence-electron chi connectivity index (χ4n) is 1.70. The number of oxime groups is 1. The van der Waals surface area contributed by atoms with Crippen molar-refractivity contribution in [1.29, 1.82) is 0 Å². The van der Waals surface area contributed by atoms with Gasteiger partial charge in [-0.2, -0.15) is 0 Å². The van der Waals surface area contributed by atoms with E-state index in [1.807, 2.05) is 25.1 Å². The number of nitrogens with two attached hydrogens (primary N) is 1. The molecule has 0 bridgehead atoms. The molecular weight excluding hydrogens is 266 g/mol. The lowest BCUT2D eigenvalue weighted by molar-refractivity contribution is -0.133. The highest BCUT2D eigenvalue weighted by Gasteiger charge is 2.25. The summed E-state index contributed by atoms with van der Waals surface area (Å²) in [5.74, 6) is -0.991. The molecule has 0 aromatic heterocycles. The average Bonchev–Trinajstić information content (AvgIpc) is 2.43. The maximum Gasteiger partial charge on any atom is 0.233 e. The molecule has 1 aromatic carbocycles. The second kappa shape index (κ2) is 6.43. The molecule has 0 spiro atoms. The lowest BCUT2D eigenvalue weighted by Crippen LogP contribution is -2.39. The van der Waals surface area contributed by atoms with Gasteiger partial charge in [-0.05, 0) is 31.5 Å². The van der Waals surface area contributed by atoms with Gasteiger partial charge in [-0.15, -0.1) is 0 Å². The number of carbonyl (C=O) groups is 1. The number of halogens is 1.